The summed E-state index contributed by atoms with van der Waals surface area (Å²) in [5.74, 6) is -1.87. The normalized spacial score (nSPS) is 11.7. The van der Waals surface area contributed by atoms with Crippen molar-refractivity contribution in [2.75, 3.05) is 0 Å². The van der Waals surface area contributed by atoms with Gasteiger partial charge in [0.25, 0.3) is 5.78 Å². The minimum atomic E-state index is -4.95. The molecule has 0 amide bonds. The summed E-state index contributed by atoms with van der Waals surface area (Å²) in [5.41, 5.74) is 1.08. The number of fused-ring (bicyclic) bond motifs is 1. The highest BCUT2D eigenvalue weighted by Crippen LogP contribution is 2.36. The van der Waals surface area contributed by atoms with Gasteiger partial charge in [0.1, 0.15) is 0 Å². The van der Waals surface area contributed by atoms with Gasteiger partial charge >= 0.3 is 6.18 Å². The van der Waals surface area contributed by atoms with E-state index >= 15 is 0 Å². The van der Waals surface area contributed by atoms with E-state index in [1.807, 2.05) is 0 Å². The third-order valence-corrected chi connectivity index (χ3v) is 3.62. The average Bonchev–Trinajstić information content (AvgIpc) is 2.53. The summed E-state index contributed by atoms with van der Waals surface area (Å²) in [5, 5.41) is 0.525. The molecule has 23 heavy (non-hydrogen) atoms. The number of alkyl halides is 3. The maximum atomic E-state index is 13.0. The maximum absolute atomic E-state index is 13.0. The molecule has 116 valence electrons. The lowest BCUT2D eigenvalue weighted by Gasteiger charge is -2.16. The Morgan fingerprint density at radius 3 is 2.22 bits per heavy atom. The minimum Gasteiger partial charge on any atom is -0.284 e. The lowest BCUT2D eigenvalue weighted by Crippen LogP contribution is -2.25. The van der Waals surface area contributed by atoms with Crippen LogP contribution in [0.15, 0.2) is 54.6 Å². The van der Waals surface area contributed by atoms with Gasteiger partial charge in [-0.15, -0.1) is 0 Å². The van der Waals surface area contributed by atoms with Crippen molar-refractivity contribution >= 4 is 16.7 Å². The number of aromatic nitrogens is 1. The van der Waals surface area contributed by atoms with E-state index in [2.05, 4.69) is 4.98 Å². The summed E-state index contributed by atoms with van der Waals surface area (Å²) >= 11 is 0. The van der Waals surface area contributed by atoms with Gasteiger partial charge in [0.2, 0.25) is 0 Å². The average molecular weight is 315 g/mol. The van der Waals surface area contributed by atoms with E-state index in [0.717, 1.165) is 0 Å². The molecular weight excluding hydrogens is 303 g/mol. The number of nitrogens with zero attached hydrogens (tertiary/aromatic N) is 1. The van der Waals surface area contributed by atoms with E-state index in [4.69, 9.17) is 0 Å². The van der Waals surface area contributed by atoms with Gasteiger partial charge in [-0.25, -0.2) is 0 Å². The Hall–Kier alpha value is -2.69. The molecule has 1 heterocycles. The molecule has 0 aliphatic carbocycles. The molecule has 1 aromatic heterocycles. The van der Waals surface area contributed by atoms with E-state index in [1.165, 1.54) is 6.92 Å². The van der Waals surface area contributed by atoms with Crippen LogP contribution in [0.25, 0.3) is 22.0 Å². The van der Waals surface area contributed by atoms with Gasteiger partial charge in [0.05, 0.1) is 11.1 Å². The Labute approximate surface area is 130 Å². The molecule has 2 nitrogen and oxygen atoms in total. The van der Waals surface area contributed by atoms with Crippen LogP contribution >= 0.6 is 0 Å². The van der Waals surface area contributed by atoms with Crippen molar-refractivity contribution in [1.82, 2.24) is 4.98 Å². The molecule has 0 unspecified atom stereocenters. The second kappa shape index (κ2) is 5.50. The molecule has 5 heteroatoms. The standard InChI is InChI=1S/C18H12F3NO/c1-11-15(17(23)18(19,20)21)16(12-7-3-2-4-8-12)13-9-5-6-10-14(13)22-11/h2-10H,1H3. The first-order chi connectivity index (χ1) is 10.9. The van der Waals surface area contributed by atoms with Gasteiger partial charge in [0.15, 0.2) is 0 Å². The first-order valence-electron chi connectivity index (χ1n) is 6.96. The lowest BCUT2D eigenvalue weighted by molar-refractivity contribution is -0.0885. The number of halogens is 3. The summed E-state index contributed by atoms with van der Waals surface area (Å²) in [6.07, 6.45) is -4.95. The molecular formula is C18H12F3NO. The van der Waals surface area contributed by atoms with E-state index < -0.39 is 12.0 Å². The Bertz CT molecular complexity index is 886. The van der Waals surface area contributed by atoms with Gasteiger partial charge in [0, 0.05) is 16.6 Å². The molecule has 3 aromatic rings. The fourth-order valence-electron chi connectivity index (χ4n) is 2.66. The van der Waals surface area contributed by atoms with Gasteiger partial charge in [-0.1, -0.05) is 48.5 Å². The van der Waals surface area contributed by atoms with Crippen molar-refractivity contribution < 1.29 is 18.0 Å². The summed E-state index contributed by atoms with van der Waals surface area (Å²) in [4.78, 5) is 16.1. The number of aryl methyl sites for hydroxylation is 1. The molecule has 0 atom stereocenters. The molecule has 0 fully saturated rings. The van der Waals surface area contributed by atoms with Crippen LogP contribution in [-0.4, -0.2) is 16.9 Å². The van der Waals surface area contributed by atoms with Crippen molar-refractivity contribution in [3.63, 3.8) is 0 Å². The second-order valence-electron chi connectivity index (χ2n) is 5.16. The zero-order valence-corrected chi connectivity index (χ0v) is 12.2. The summed E-state index contributed by atoms with van der Waals surface area (Å²) in [6.45, 7) is 1.43. The van der Waals surface area contributed by atoms with Crippen molar-refractivity contribution in [1.29, 1.82) is 0 Å². The van der Waals surface area contributed by atoms with Crippen molar-refractivity contribution in [3.8, 4) is 11.1 Å². The second-order valence-corrected chi connectivity index (χ2v) is 5.16. The molecule has 0 saturated heterocycles. The molecule has 0 aliphatic rings. The zero-order valence-electron chi connectivity index (χ0n) is 12.2. The molecule has 0 aliphatic heterocycles. The number of rotatable bonds is 2. The van der Waals surface area contributed by atoms with Gasteiger partial charge < -0.3 is 0 Å². The molecule has 0 N–H and O–H groups in total. The summed E-state index contributed by atoms with van der Waals surface area (Å²) in [6, 6.07) is 15.5. The highest BCUT2D eigenvalue weighted by atomic mass is 19.4. The van der Waals surface area contributed by atoms with Crippen molar-refractivity contribution in [2.24, 2.45) is 0 Å². The Balaban J connectivity index is 2.44. The summed E-state index contributed by atoms with van der Waals surface area (Å²) in [7, 11) is 0. The largest absolute Gasteiger partial charge is 0.454 e. The predicted molar refractivity (Wildman–Crippen MR) is 82.3 cm³/mol. The van der Waals surface area contributed by atoms with Crippen molar-refractivity contribution in [3.05, 3.63) is 65.9 Å². The number of ketones is 1. The van der Waals surface area contributed by atoms with Crippen LogP contribution in [0.4, 0.5) is 13.2 Å². The molecule has 0 bridgehead atoms. The number of Topliss-reactive ketones (excluding diaryl/α,β-unsaturated/α-hetero) is 1. The first kappa shape index (κ1) is 15.2. The van der Waals surface area contributed by atoms with Crippen LogP contribution in [0, 0.1) is 6.92 Å². The van der Waals surface area contributed by atoms with Crippen LogP contribution in [0.1, 0.15) is 16.1 Å². The Morgan fingerprint density at radius 1 is 0.957 bits per heavy atom. The summed E-state index contributed by atoms with van der Waals surface area (Å²) < 4.78 is 39.1. The van der Waals surface area contributed by atoms with Crippen LogP contribution in [0.2, 0.25) is 0 Å². The Morgan fingerprint density at radius 2 is 1.57 bits per heavy atom. The fraction of sp³-hybridized carbons (Fsp3) is 0.111. The molecule has 0 saturated carbocycles. The van der Waals surface area contributed by atoms with E-state index in [-0.39, 0.29) is 16.8 Å². The molecule has 0 radical (unpaired) electrons. The smallest absolute Gasteiger partial charge is 0.284 e. The maximum Gasteiger partial charge on any atom is 0.454 e. The Kier molecular flexibility index (Phi) is 3.64. The van der Waals surface area contributed by atoms with E-state index in [0.29, 0.717) is 16.5 Å². The van der Waals surface area contributed by atoms with Crippen LogP contribution in [0.3, 0.4) is 0 Å². The highest BCUT2D eigenvalue weighted by Gasteiger charge is 2.42. The van der Waals surface area contributed by atoms with Crippen LogP contribution in [-0.2, 0) is 0 Å². The fourth-order valence-corrected chi connectivity index (χ4v) is 2.66. The number of hydrogen-bond acceptors (Lipinski definition) is 2. The molecule has 0 spiro atoms. The van der Waals surface area contributed by atoms with E-state index in [9.17, 15) is 18.0 Å². The number of hydrogen-bond donors (Lipinski definition) is 0. The SMILES string of the molecule is Cc1nc2ccccc2c(-c2ccccc2)c1C(=O)C(F)(F)F. The number of benzene rings is 2. The van der Waals surface area contributed by atoms with Crippen molar-refractivity contribution in [2.45, 2.75) is 13.1 Å². The van der Waals surface area contributed by atoms with Crippen LogP contribution < -0.4 is 0 Å². The van der Waals surface area contributed by atoms with Gasteiger partial charge in [-0.3, -0.25) is 9.78 Å². The topological polar surface area (TPSA) is 30.0 Å². The molecule has 2 aromatic carbocycles. The first-order valence-corrected chi connectivity index (χ1v) is 6.96. The third-order valence-electron chi connectivity index (χ3n) is 3.62. The minimum absolute atomic E-state index is 0.0740. The van der Waals surface area contributed by atoms with Gasteiger partial charge in [-0.2, -0.15) is 13.2 Å². The number of carbonyl (C=O) groups excluding carboxylic acids is 1. The van der Waals surface area contributed by atoms with Gasteiger partial charge in [-0.05, 0) is 18.6 Å². The zero-order chi connectivity index (χ0) is 16.6. The molecule has 3 rings (SSSR count). The van der Waals surface area contributed by atoms with E-state index in [1.54, 1.807) is 54.6 Å². The number of para-hydroxylation sites is 1. The lowest BCUT2D eigenvalue weighted by atomic mass is 9.92. The predicted octanol–water partition coefficient (Wildman–Crippen LogP) is 4.96. The number of pyridine rings is 1. The monoisotopic (exact) mass is 315 g/mol. The third kappa shape index (κ3) is 2.70. The van der Waals surface area contributed by atoms with Crippen LogP contribution in [0.5, 0.6) is 0 Å². The highest BCUT2D eigenvalue weighted by molar-refractivity contribution is 6.12. The number of carbonyl (C=O) groups is 1. The quantitative estimate of drug-likeness (QED) is 0.626.